The van der Waals surface area contributed by atoms with Gasteiger partial charge in [-0.25, -0.2) is 4.39 Å². The van der Waals surface area contributed by atoms with Gasteiger partial charge in [-0.3, -0.25) is 4.79 Å². The van der Waals surface area contributed by atoms with Crippen LogP contribution in [0.3, 0.4) is 0 Å². The molecule has 1 aromatic rings. The Kier molecular flexibility index (Phi) is 4.43. The summed E-state index contributed by atoms with van der Waals surface area (Å²) in [6, 6.07) is 6.24. The van der Waals surface area contributed by atoms with E-state index in [9.17, 15) is 9.18 Å². The van der Waals surface area contributed by atoms with Crippen LogP contribution in [0.15, 0.2) is 24.3 Å². The number of rotatable bonds is 4. The molecule has 0 saturated heterocycles. The molecule has 0 aliphatic heterocycles. The maximum absolute atomic E-state index is 13.0. The zero-order chi connectivity index (χ0) is 12.1. The molecule has 3 nitrogen and oxygen atoms in total. The average Bonchev–Trinajstić information content (AvgIpc) is 2.24. The third kappa shape index (κ3) is 3.62. The summed E-state index contributed by atoms with van der Waals surface area (Å²) in [7, 11) is 1.64. The number of hydrogen-bond acceptors (Lipinski definition) is 2. The summed E-state index contributed by atoms with van der Waals surface area (Å²) in [5.41, 5.74) is 0.565. The van der Waals surface area contributed by atoms with Crippen LogP contribution in [0.25, 0.3) is 0 Å². The first-order chi connectivity index (χ1) is 7.50. The summed E-state index contributed by atoms with van der Waals surface area (Å²) in [5.74, 6) is -0.423. The number of benzene rings is 1. The van der Waals surface area contributed by atoms with Gasteiger partial charge in [-0.2, -0.15) is 0 Å². The minimum absolute atomic E-state index is 0.0840. The second kappa shape index (κ2) is 5.61. The quantitative estimate of drug-likeness (QED) is 0.845. The number of halogens is 1. The maximum atomic E-state index is 13.0. The predicted octanol–water partition coefficient (Wildman–Crippen LogP) is 1.79. The fourth-order valence-electron chi connectivity index (χ4n) is 1.24. The minimum atomic E-state index is -0.339. The van der Waals surface area contributed by atoms with Crippen molar-refractivity contribution in [2.24, 2.45) is 0 Å². The molecule has 0 saturated carbocycles. The van der Waals surface area contributed by atoms with Gasteiger partial charge in [-0.15, -0.1) is 0 Å². The summed E-state index contributed by atoms with van der Waals surface area (Å²) in [6.07, 6.45) is 0. The van der Waals surface area contributed by atoms with Crippen molar-refractivity contribution in [3.05, 3.63) is 30.1 Å². The van der Waals surface area contributed by atoms with Crippen molar-refractivity contribution in [2.75, 3.05) is 18.5 Å². The second-order valence-corrected chi connectivity index (χ2v) is 3.97. The molecule has 0 aliphatic carbocycles. The van der Waals surface area contributed by atoms with Gasteiger partial charge >= 0.3 is 0 Å². The second-order valence-electron chi connectivity index (χ2n) is 3.97. The van der Waals surface area contributed by atoms with Crippen molar-refractivity contribution in [3.8, 4) is 0 Å². The molecule has 88 valence electrons. The molecule has 0 bridgehead atoms. The first kappa shape index (κ1) is 12.6. The van der Waals surface area contributed by atoms with Crippen LogP contribution in [0.5, 0.6) is 0 Å². The van der Waals surface area contributed by atoms with Gasteiger partial charge < -0.3 is 10.2 Å². The minimum Gasteiger partial charge on any atom is -0.314 e. The summed E-state index contributed by atoms with van der Waals surface area (Å²) in [6.45, 7) is 4.19. The monoisotopic (exact) mass is 224 g/mol. The normalized spacial score (nSPS) is 10.6. The Morgan fingerprint density at radius 1 is 1.50 bits per heavy atom. The van der Waals surface area contributed by atoms with Gasteiger partial charge in [0.05, 0.1) is 6.54 Å². The van der Waals surface area contributed by atoms with Crippen LogP contribution in [0.1, 0.15) is 13.8 Å². The Morgan fingerprint density at radius 2 is 2.19 bits per heavy atom. The Hall–Kier alpha value is -1.42. The van der Waals surface area contributed by atoms with Crippen LogP contribution in [-0.2, 0) is 4.79 Å². The number of carbonyl (C=O) groups excluding carboxylic acids is 1. The molecular formula is C12H17FN2O. The molecule has 0 aliphatic rings. The highest BCUT2D eigenvalue weighted by Gasteiger charge is 2.11. The van der Waals surface area contributed by atoms with Gasteiger partial charge in [0.1, 0.15) is 5.82 Å². The SMILES string of the molecule is CC(C)NCC(=O)N(C)c1cccc(F)c1. The van der Waals surface area contributed by atoms with Crippen molar-refractivity contribution >= 4 is 11.6 Å². The number of nitrogens with one attached hydrogen (secondary N) is 1. The number of carbonyl (C=O) groups is 1. The lowest BCUT2D eigenvalue weighted by Crippen LogP contribution is -2.38. The van der Waals surface area contributed by atoms with Crippen LogP contribution in [-0.4, -0.2) is 25.5 Å². The highest BCUT2D eigenvalue weighted by atomic mass is 19.1. The van der Waals surface area contributed by atoms with E-state index in [0.29, 0.717) is 5.69 Å². The molecule has 0 spiro atoms. The van der Waals surface area contributed by atoms with Gasteiger partial charge in [-0.1, -0.05) is 19.9 Å². The highest BCUT2D eigenvalue weighted by molar-refractivity contribution is 5.94. The number of likely N-dealkylation sites (N-methyl/N-ethyl adjacent to an activating group) is 1. The summed E-state index contributed by atoms with van der Waals surface area (Å²) < 4.78 is 13.0. The largest absolute Gasteiger partial charge is 0.314 e. The highest BCUT2D eigenvalue weighted by Crippen LogP contribution is 2.13. The Morgan fingerprint density at radius 3 is 2.75 bits per heavy atom. The molecule has 0 aromatic heterocycles. The third-order valence-corrected chi connectivity index (χ3v) is 2.23. The lowest BCUT2D eigenvalue weighted by Gasteiger charge is -2.18. The Balaban J connectivity index is 2.63. The van der Waals surface area contributed by atoms with Crippen LogP contribution in [0.2, 0.25) is 0 Å². The Bertz CT molecular complexity index is 366. The average molecular weight is 224 g/mol. The van der Waals surface area contributed by atoms with Crippen molar-refractivity contribution in [3.63, 3.8) is 0 Å². The van der Waals surface area contributed by atoms with E-state index in [-0.39, 0.29) is 24.3 Å². The zero-order valence-electron chi connectivity index (χ0n) is 9.83. The molecule has 1 rings (SSSR count). The first-order valence-corrected chi connectivity index (χ1v) is 5.26. The van der Waals surface area contributed by atoms with E-state index >= 15 is 0 Å². The van der Waals surface area contributed by atoms with Gasteiger partial charge in [0.25, 0.3) is 0 Å². The van der Waals surface area contributed by atoms with Gasteiger partial charge in [0, 0.05) is 18.8 Å². The van der Waals surface area contributed by atoms with E-state index in [1.807, 2.05) is 13.8 Å². The predicted molar refractivity (Wildman–Crippen MR) is 62.9 cm³/mol. The first-order valence-electron chi connectivity index (χ1n) is 5.26. The third-order valence-electron chi connectivity index (χ3n) is 2.23. The van der Waals surface area contributed by atoms with E-state index < -0.39 is 0 Å². The van der Waals surface area contributed by atoms with Crippen molar-refractivity contribution in [2.45, 2.75) is 19.9 Å². The maximum Gasteiger partial charge on any atom is 0.240 e. The summed E-state index contributed by atoms with van der Waals surface area (Å²) in [5, 5.41) is 3.03. The summed E-state index contributed by atoms with van der Waals surface area (Å²) in [4.78, 5) is 13.1. The van der Waals surface area contributed by atoms with Gasteiger partial charge in [-0.05, 0) is 18.2 Å². The number of anilines is 1. The molecule has 4 heteroatoms. The van der Waals surface area contributed by atoms with Crippen LogP contribution in [0.4, 0.5) is 10.1 Å². The number of hydrogen-bond donors (Lipinski definition) is 1. The fraction of sp³-hybridized carbons (Fsp3) is 0.417. The standard InChI is InChI=1S/C12H17FN2O/c1-9(2)14-8-12(16)15(3)11-6-4-5-10(13)7-11/h4-7,9,14H,8H2,1-3H3. The van der Waals surface area contributed by atoms with E-state index in [2.05, 4.69) is 5.32 Å². The van der Waals surface area contributed by atoms with Crippen molar-refractivity contribution < 1.29 is 9.18 Å². The molecule has 1 amide bonds. The smallest absolute Gasteiger partial charge is 0.240 e. The van der Waals surface area contributed by atoms with Gasteiger partial charge in [0.2, 0.25) is 5.91 Å². The molecule has 0 fully saturated rings. The lowest BCUT2D eigenvalue weighted by atomic mass is 10.3. The van der Waals surface area contributed by atoms with Crippen LogP contribution < -0.4 is 10.2 Å². The van der Waals surface area contributed by atoms with Crippen LogP contribution >= 0.6 is 0 Å². The zero-order valence-corrected chi connectivity index (χ0v) is 9.83. The van der Waals surface area contributed by atoms with E-state index in [1.54, 1.807) is 19.2 Å². The molecule has 0 heterocycles. The molecular weight excluding hydrogens is 207 g/mol. The molecule has 0 radical (unpaired) electrons. The van der Waals surface area contributed by atoms with E-state index in [0.717, 1.165) is 0 Å². The van der Waals surface area contributed by atoms with Gasteiger partial charge in [0.15, 0.2) is 0 Å². The molecule has 0 unspecified atom stereocenters. The molecule has 1 aromatic carbocycles. The topological polar surface area (TPSA) is 32.3 Å². The molecule has 1 N–H and O–H groups in total. The summed E-state index contributed by atoms with van der Waals surface area (Å²) >= 11 is 0. The number of amides is 1. The van der Waals surface area contributed by atoms with Crippen molar-refractivity contribution in [1.29, 1.82) is 0 Å². The fourth-order valence-corrected chi connectivity index (χ4v) is 1.24. The number of nitrogens with zero attached hydrogens (tertiary/aromatic N) is 1. The van der Waals surface area contributed by atoms with Crippen molar-refractivity contribution in [1.82, 2.24) is 5.32 Å². The molecule has 0 atom stereocenters. The van der Waals surface area contributed by atoms with Crippen LogP contribution in [0, 0.1) is 5.82 Å². The van der Waals surface area contributed by atoms with E-state index in [1.165, 1.54) is 17.0 Å². The lowest BCUT2D eigenvalue weighted by molar-refractivity contribution is -0.117. The molecule has 16 heavy (non-hydrogen) atoms. The van der Waals surface area contributed by atoms with E-state index in [4.69, 9.17) is 0 Å². The Labute approximate surface area is 95.3 Å².